The van der Waals surface area contributed by atoms with Crippen molar-refractivity contribution in [1.82, 2.24) is 10.6 Å². The van der Waals surface area contributed by atoms with Crippen molar-refractivity contribution in [2.45, 2.75) is 19.6 Å². The lowest BCUT2D eigenvalue weighted by Crippen LogP contribution is -2.38. The first-order valence-corrected chi connectivity index (χ1v) is 6.98. The summed E-state index contributed by atoms with van der Waals surface area (Å²) in [6.07, 6.45) is -0.660. The van der Waals surface area contributed by atoms with E-state index in [4.69, 9.17) is 16.3 Å². The molecule has 1 amide bonds. The molecule has 0 aliphatic carbocycles. The minimum Gasteiger partial charge on any atom is -0.389 e. The molecule has 1 aromatic carbocycles. The molecular formula is C14H21ClN2O3. The maximum absolute atomic E-state index is 11.2. The van der Waals surface area contributed by atoms with Gasteiger partial charge in [-0.2, -0.15) is 0 Å². The third-order valence-electron chi connectivity index (χ3n) is 2.57. The molecule has 0 aromatic heterocycles. The van der Waals surface area contributed by atoms with Crippen molar-refractivity contribution in [1.29, 1.82) is 0 Å². The predicted octanol–water partition coefficient (Wildman–Crippen LogP) is 0.943. The van der Waals surface area contributed by atoms with Gasteiger partial charge in [0.05, 0.1) is 25.9 Å². The van der Waals surface area contributed by atoms with Crippen LogP contribution < -0.4 is 10.6 Å². The first-order chi connectivity index (χ1) is 9.63. The number of hydrogen-bond donors (Lipinski definition) is 3. The number of amides is 1. The molecule has 0 heterocycles. The molecule has 0 aliphatic heterocycles. The largest absolute Gasteiger partial charge is 0.389 e. The van der Waals surface area contributed by atoms with Crippen molar-refractivity contribution in [3.05, 3.63) is 34.9 Å². The van der Waals surface area contributed by atoms with Crippen molar-refractivity contribution in [2.24, 2.45) is 0 Å². The van der Waals surface area contributed by atoms with E-state index in [1.165, 1.54) is 0 Å². The number of aliphatic hydroxyl groups is 1. The maximum Gasteiger partial charge on any atom is 0.233 e. The van der Waals surface area contributed by atoms with Gasteiger partial charge in [0.15, 0.2) is 0 Å². The molecule has 20 heavy (non-hydrogen) atoms. The normalized spacial score (nSPS) is 12.2. The number of carbonyl (C=O) groups is 1. The molecule has 1 unspecified atom stereocenters. The number of rotatable bonds is 9. The van der Waals surface area contributed by atoms with Crippen molar-refractivity contribution < 1.29 is 14.6 Å². The topological polar surface area (TPSA) is 70.6 Å². The van der Waals surface area contributed by atoms with Gasteiger partial charge in [-0.05, 0) is 18.6 Å². The van der Waals surface area contributed by atoms with Gasteiger partial charge >= 0.3 is 0 Å². The number of hydrogen-bond acceptors (Lipinski definition) is 4. The molecule has 0 saturated heterocycles. The summed E-state index contributed by atoms with van der Waals surface area (Å²) in [5, 5.41) is 15.9. The Morgan fingerprint density at radius 2 is 2.20 bits per heavy atom. The summed E-state index contributed by atoms with van der Waals surface area (Å²) < 4.78 is 5.39. The van der Waals surface area contributed by atoms with Gasteiger partial charge in [-0.3, -0.25) is 4.79 Å². The lowest BCUT2D eigenvalue weighted by Gasteiger charge is -2.12. The van der Waals surface area contributed by atoms with Crippen molar-refractivity contribution in [3.8, 4) is 0 Å². The zero-order valence-electron chi connectivity index (χ0n) is 11.6. The van der Waals surface area contributed by atoms with E-state index in [1.54, 1.807) is 6.07 Å². The molecule has 5 nitrogen and oxygen atoms in total. The molecule has 0 spiro atoms. The number of halogens is 1. The van der Waals surface area contributed by atoms with Crippen molar-refractivity contribution in [3.63, 3.8) is 0 Å². The second kappa shape index (κ2) is 9.72. The van der Waals surface area contributed by atoms with Crippen LogP contribution in [0.1, 0.15) is 12.5 Å². The Labute approximate surface area is 124 Å². The standard InChI is InChI=1S/C14H21ClN2O3/c1-2-17-14(19)8-16-7-12(18)10-20-9-11-5-3-4-6-13(11)15/h3-6,12,16,18H,2,7-10H2,1H3,(H,17,19). The molecule has 1 rings (SSSR count). The Morgan fingerprint density at radius 1 is 1.45 bits per heavy atom. The lowest BCUT2D eigenvalue weighted by molar-refractivity contribution is -0.120. The number of benzene rings is 1. The highest BCUT2D eigenvalue weighted by Crippen LogP contribution is 2.15. The summed E-state index contributed by atoms with van der Waals surface area (Å²) in [5.74, 6) is -0.0864. The fourth-order valence-electron chi connectivity index (χ4n) is 1.59. The van der Waals surface area contributed by atoms with E-state index in [-0.39, 0.29) is 19.1 Å². The Balaban J connectivity index is 2.13. The minimum atomic E-state index is -0.660. The fourth-order valence-corrected chi connectivity index (χ4v) is 1.78. The second-order valence-corrected chi connectivity index (χ2v) is 4.75. The summed E-state index contributed by atoms with van der Waals surface area (Å²) in [7, 11) is 0. The van der Waals surface area contributed by atoms with Crippen molar-refractivity contribution >= 4 is 17.5 Å². The van der Waals surface area contributed by atoms with Crippen LogP contribution in [0.4, 0.5) is 0 Å². The molecule has 112 valence electrons. The lowest BCUT2D eigenvalue weighted by atomic mass is 10.2. The summed E-state index contributed by atoms with van der Waals surface area (Å²) >= 11 is 5.99. The van der Waals surface area contributed by atoms with E-state index in [9.17, 15) is 9.90 Å². The van der Waals surface area contributed by atoms with Crippen LogP contribution >= 0.6 is 11.6 Å². The van der Waals surface area contributed by atoms with Gasteiger partial charge in [0.25, 0.3) is 0 Å². The van der Waals surface area contributed by atoms with E-state index in [0.29, 0.717) is 24.7 Å². The Kier molecular flexibility index (Phi) is 8.22. The SMILES string of the molecule is CCNC(=O)CNCC(O)COCc1ccccc1Cl. The molecule has 0 aliphatic rings. The summed E-state index contributed by atoms with van der Waals surface area (Å²) in [4.78, 5) is 11.2. The van der Waals surface area contributed by atoms with Crippen LogP contribution in [0, 0.1) is 0 Å². The van der Waals surface area contributed by atoms with Gasteiger partial charge in [0.2, 0.25) is 5.91 Å². The van der Waals surface area contributed by atoms with Gasteiger partial charge < -0.3 is 20.5 Å². The molecule has 0 fully saturated rings. The first-order valence-electron chi connectivity index (χ1n) is 6.60. The zero-order chi connectivity index (χ0) is 14.8. The van der Waals surface area contributed by atoms with E-state index >= 15 is 0 Å². The average molecular weight is 301 g/mol. The van der Waals surface area contributed by atoms with Crippen LogP contribution in [0.25, 0.3) is 0 Å². The van der Waals surface area contributed by atoms with Gasteiger partial charge in [-0.1, -0.05) is 29.8 Å². The summed E-state index contributed by atoms with van der Waals surface area (Å²) in [5.41, 5.74) is 0.886. The van der Waals surface area contributed by atoms with Crippen LogP contribution in [0.3, 0.4) is 0 Å². The van der Waals surface area contributed by atoms with Gasteiger partial charge in [0.1, 0.15) is 0 Å². The predicted molar refractivity (Wildman–Crippen MR) is 78.7 cm³/mol. The van der Waals surface area contributed by atoms with E-state index < -0.39 is 6.10 Å². The number of carbonyl (C=O) groups excluding carboxylic acids is 1. The maximum atomic E-state index is 11.2. The highest BCUT2D eigenvalue weighted by Gasteiger charge is 2.06. The van der Waals surface area contributed by atoms with E-state index in [2.05, 4.69) is 10.6 Å². The molecular weight excluding hydrogens is 280 g/mol. The molecule has 0 saturated carbocycles. The van der Waals surface area contributed by atoms with Gasteiger partial charge in [-0.25, -0.2) is 0 Å². The third-order valence-corrected chi connectivity index (χ3v) is 2.93. The quantitative estimate of drug-likeness (QED) is 0.635. The Bertz CT molecular complexity index is 415. The second-order valence-electron chi connectivity index (χ2n) is 4.34. The summed E-state index contributed by atoms with van der Waals surface area (Å²) in [6.45, 7) is 3.50. The number of ether oxygens (including phenoxy) is 1. The van der Waals surface area contributed by atoms with Gasteiger partial charge in [0, 0.05) is 18.1 Å². The van der Waals surface area contributed by atoms with Gasteiger partial charge in [-0.15, -0.1) is 0 Å². The van der Waals surface area contributed by atoms with Crippen LogP contribution in [0.15, 0.2) is 24.3 Å². The monoisotopic (exact) mass is 300 g/mol. The average Bonchev–Trinajstić information content (AvgIpc) is 2.41. The molecule has 6 heteroatoms. The highest BCUT2D eigenvalue weighted by molar-refractivity contribution is 6.31. The summed E-state index contributed by atoms with van der Waals surface area (Å²) in [6, 6.07) is 7.41. The molecule has 0 bridgehead atoms. The Morgan fingerprint density at radius 3 is 2.90 bits per heavy atom. The molecule has 1 atom stereocenters. The van der Waals surface area contributed by atoms with Crippen molar-refractivity contribution in [2.75, 3.05) is 26.2 Å². The number of aliphatic hydroxyl groups excluding tert-OH is 1. The van der Waals surface area contributed by atoms with E-state index in [1.807, 2.05) is 25.1 Å². The van der Waals surface area contributed by atoms with Crippen LogP contribution in [-0.2, 0) is 16.1 Å². The molecule has 3 N–H and O–H groups in total. The first kappa shape index (κ1) is 16.9. The number of likely N-dealkylation sites (N-methyl/N-ethyl adjacent to an activating group) is 1. The third kappa shape index (κ3) is 6.86. The van der Waals surface area contributed by atoms with E-state index in [0.717, 1.165) is 5.56 Å². The Hall–Kier alpha value is -1.14. The smallest absolute Gasteiger partial charge is 0.233 e. The zero-order valence-corrected chi connectivity index (χ0v) is 12.3. The molecule has 1 aromatic rings. The van der Waals surface area contributed by atoms with Crippen LogP contribution in [-0.4, -0.2) is 43.4 Å². The number of nitrogens with one attached hydrogen (secondary N) is 2. The highest BCUT2D eigenvalue weighted by atomic mass is 35.5. The van der Waals surface area contributed by atoms with Crippen LogP contribution in [0.2, 0.25) is 5.02 Å². The fraction of sp³-hybridized carbons (Fsp3) is 0.500. The van der Waals surface area contributed by atoms with Crippen LogP contribution in [0.5, 0.6) is 0 Å². The molecule has 0 radical (unpaired) electrons. The minimum absolute atomic E-state index is 0.0864.